The number of piperazine rings is 1. The van der Waals surface area contributed by atoms with Gasteiger partial charge in [-0.1, -0.05) is 0 Å². The van der Waals surface area contributed by atoms with Gasteiger partial charge in [0.25, 0.3) is 0 Å². The maximum atomic E-state index is 12.0. The van der Waals surface area contributed by atoms with Crippen LogP contribution in [0.2, 0.25) is 0 Å². The van der Waals surface area contributed by atoms with Crippen molar-refractivity contribution in [2.24, 2.45) is 0 Å². The molecular formula is C12H21N3O4. The Morgan fingerprint density at radius 3 is 2.58 bits per heavy atom. The molecule has 7 heteroatoms. The van der Waals surface area contributed by atoms with Crippen molar-refractivity contribution in [2.45, 2.75) is 39.3 Å². The van der Waals surface area contributed by atoms with Gasteiger partial charge in [-0.15, -0.1) is 0 Å². The van der Waals surface area contributed by atoms with Crippen molar-refractivity contribution in [2.75, 3.05) is 19.6 Å². The second kappa shape index (κ2) is 5.90. The third-order valence-electron chi connectivity index (χ3n) is 2.45. The summed E-state index contributed by atoms with van der Waals surface area (Å²) in [6, 6.07) is -0.722. The molecule has 1 aliphatic rings. The Kier molecular flexibility index (Phi) is 4.74. The molecule has 1 rings (SSSR count). The van der Waals surface area contributed by atoms with E-state index in [-0.39, 0.29) is 18.4 Å². The minimum Gasteiger partial charge on any atom is -0.444 e. The molecule has 1 unspecified atom stereocenters. The number of hydrogen-bond acceptors (Lipinski definition) is 4. The lowest BCUT2D eigenvalue weighted by Gasteiger charge is -2.29. The van der Waals surface area contributed by atoms with Crippen molar-refractivity contribution >= 4 is 17.9 Å². The molecule has 19 heavy (non-hydrogen) atoms. The molecule has 0 bridgehead atoms. The van der Waals surface area contributed by atoms with E-state index in [1.165, 1.54) is 4.90 Å². The zero-order valence-corrected chi connectivity index (χ0v) is 11.8. The molecule has 0 radical (unpaired) electrons. The van der Waals surface area contributed by atoms with Crippen molar-refractivity contribution in [3.05, 3.63) is 0 Å². The maximum absolute atomic E-state index is 12.0. The summed E-state index contributed by atoms with van der Waals surface area (Å²) in [5.74, 6) is -0.482. The van der Waals surface area contributed by atoms with Gasteiger partial charge in [0.15, 0.2) is 0 Å². The van der Waals surface area contributed by atoms with E-state index in [1.807, 2.05) is 0 Å². The molecule has 0 spiro atoms. The number of nitrogens with zero attached hydrogens (tertiary/aromatic N) is 1. The summed E-state index contributed by atoms with van der Waals surface area (Å²) in [4.78, 5) is 36.2. The highest BCUT2D eigenvalue weighted by atomic mass is 16.6. The topological polar surface area (TPSA) is 87.7 Å². The van der Waals surface area contributed by atoms with Crippen LogP contribution in [0.15, 0.2) is 0 Å². The second-order valence-electron chi connectivity index (χ2n) is 5.48. The number of ether oxygens (including phenoxy) is 1. The summed E-state index contributed by atoms with van der Waals surface area (Å²) in [6.45, 7) is 7.71. The van der Waals surface area contributed by atoms with Crippen LogP contribution >= 0.6 is 0 Å². The number of carbonyl (C=O) groups is 3. The van der Waals surface area contributed by atoms with Crippen LogP contribution in [0.1, 0.15) is 27.7 Å². The Bertz CT molecular complexity index is 376. The van der Waals surface area contributed by atoms with Gasteiger partial charge < -0.3 is 20.3 Å². The largest absolute Gasteiger partial charge is 0.444 e. The highest BCUT2D eigenvalue weighted by Gasteiger charge is 2.27. The first-order valence-corrected chi connectivity index (χ1v) is 6.24. The summed E-state index contributed by atoms with van der Waals surface area (Å²) in [5, 5.41) is 5.10. The van der Waals surface area contributed by atoms with Gasteiger partial charge >= 0.3 is 6.09 Å². The van der Waals surface area contributed by atoms with Crippen molar-refractivity contribution in [3.8, 4) is 0 Å². The van der Waals surface area contributed by atoms with Crippen LogP contribution in [-0.4, -0.2) is 54.1 Å². The zero-order chi connectivity index (χ0) is 14.6. The molecule has 0 saturated carbocycles. The van der Waals surface area contributed by atoms with Crippen LogP contribution in [0, 0.1) is 0 Å². The number of alkyl carbamates (subject to hydrolysis) is 1. The van der Waals surface area contributed by atoms with Crippen molar-refractivity contribution < 1.29 is 19.1 Å². The molecule has 0 aliphatic carbocycles. The molecular weight excluding hydrogens is 250 g/mol. The number of carbonyl (C=O) groups excluding carboxylic acids is 3. The van der Waals surface area contributed by atoms with Crippen molar-refractivity contribution in [3.63, 3.8) is 0 Å². The van der Waals surface area contributed by atoms with E-state index in [0.717, 1.165) is 0 Å². The van der Waals surface area contributed by atoms with Gasteiger partial charge in [-0.05, 0) is 27.7 Å². The van der Waals surface area contributed by atoms with Gasteiger partial charge in [-0.2, -0.15) is 0 Å². The first-order valence-electron chi connectivity index (χ1n) is 6.24. The van der Waals surface area contributed by atoms with E-state index in [0.29, 0.717) is 13.1 Å². The standard InChI is InChI=1S/C12H21N3O4/c1-8(14-11(18)19-12(2,3)4)10(17)15-6-5-13-9(16)7-15/h8H,5-7H2,1-4H3,(H,13,16)(H,14,18). The van der Waals surface area contributed by atoms with Gasteiger partial charge in [-0.3, -0.25) is 9.59 Å². The first kappa shape index (κ1) is 15.3. The van der Waals surface area contributed by atoms with E-state index in [9.17, 15) is 14.4 Å². The summed E-state index contributed by atoms with van der Waals surface area (Å²) < 4.78 is 5.07. The van der Waals surface area contributed by atoms with Crippen molar-refractivity contribution in [1.29, 1.82) is 0 Å². The van der Waals surface area contributed by atoms with Gasteiger partial charge in [0.2, 0.25) is 11.8 Å². The highest BCUT2D eigenvalue weighted by Crippen LogP contribution is 2.07. The predicted molar refractivity (Wildman–Crippen MR) is 68.4 cm³/mol. The monoisotopic (exact) mass is 271 g/mol. The molecule has 1 fully saturated rings. The number of rotatable bonds is 2. The van der Waals surface area contributed by atoms with Crippen LogP contribution in [0.3, 0.4) is 0 Å². The lowest BCUT2D eigenvalue weighted by molar-refractivity contribution is -0.139. The fraction of sp³-hybridized carbons (Fsp3) is 0.750. The number of nitrogens with one attached hydrogen (secondary N) is 2. The molecule has 0 aromatic carbocycles. The third kappa shape index (κ3) is 5.15. The number of hydrogen-bond donors (Lipinski definition) is 2. The zero-order valence-electron chi connectivity index (χ0n) is 11.8. The minimum absolute atomic E-state index is 0.0270. The predicted octanol–water partition coefficient (Wildman–Crippen LogP) is -0.142. The van der Waals surface area contributed by atoms with Crippen LogP contribution < -0.4 is 10.6 Å². The fourth-order valence-electron chi connectivity index (χ4n) is 1.65. The maximum Gasteiger partial charge on any atom is 0.408 e. The lowest BCUT2D eigenvalue weighted by atomic mass is 10.2. The smallest absolute Gasteiger partial charge is 0.408 e. The normalized spacial score (nSPS) is 17.5. The van der Waals surface area contributed by atoms with Gasteiger partial charge in [0.05, 0.1) is 6.54 Å². The Morgan fingerprint density at radius 2 is 2.05 bits per heavy atom. The van der Waals surface area contributed by atoms with E-state index in [2.05, 4.69) is 10.6 Å². The summed E-state index contributed by atoms with van der Waals surface area (Å²) >= 11 is 0. The summed E-state index contributed by atoms with van der Waals surface area (Å²) in [6.07, 6.45) is -0.644. The molecule has 7 nitrogen and oxygen atoms in total. The van der Waals surface area contributed by atoms with E-state index in [4.69, 9.17) is 4.74 Å². The number of amides is 3. The van der Waals surface area contributed by atoms with Crippen LogP contribution in [0.25, 0.3) is 0 Å². The average molecular weight is 271 g/mol. The molecule has 1 aliphatic heterocycles. The average Bonchev–Trinajstić information content (AvgIpc) is 2.25. The molecule has 0 aromatic heterocycles. The second-order valence-corrected chi connectivity index (χ2v) is 5.48. The van der Waals surface area contributed by atoms with E-state index >= 15 is 0 Å². The van der Waals surface area contributed by atoms with Crippen molar-refractivity contribution in [1.82, 2.24) is 15.5 Å². The summed E-state index contributed by atoms with van der Waals surface area (Å²) in [5.41, 5.74) is -0.613. The van der Waals surface area contributed by atoms with E-state index in [1.54, 1.807) is 27.7 Å². The van der Waals surface area contributed by atoms with Crippen LogP contribution in [0.4, 0.5) is 4.79 Å². The first-order chi connectivity index (χ1) is 8.69. The van der Waals surface area contributed by atoms with Crippen LogP contribution in [-0.2, 0) is 14.3 Å². The van der Waals surface area contributed by atoms with Gasteiger partial charge in [-0.25, -0.2) is 4.79 Å². The SMILES string of the molecule is CC(NC(=O)OC(C)(C)C)C(=O)N1CCNC(=O)C1. The molecule has 0 aromatic rings. The van der Waals surface area contributed by atoms with Gasteiger partial charge in [0, 0.05) is 13.1 Å². The Morgan fingerprint density at radius 1 is 1.42 bits per heavy atom. The third-order valence-corrected chi connectivity index (χ3v) is 2.45. The Balaban J connectivity index is 2.48. The van der Waals surface area contributed by atoms with E-state index < -0.39 is 17.7 Å². The molecule has 1 heterocycles. The quantitative estimate of drug-likeness (QED) is 0.731. The molecule has 1 atom stereocenters. The molecule has 108 valence electrons. The molecule has 2 N–H and O–H groups in total. The molecule has 3 amide bonds. The minimum atomic E-state index is -0.722. The fourth-order valence-corrected chi connectivity index (χ4v) is 1.65. The summed E-state index contributed by atoms with van der Waals surface area (Å²) in [7, 11) is 0. The Labute approximate surface area is 112 Å². The van der Waals surface area contributed by atoms with Crippen LogP contribution in [0.5, 0.6) is 0 Å². The highest BCUT2D eigenvalue weighted by molar-refractivity contribution is 5.90. The molecule has 1 saturated heterocycles. The van der Waals surface area contributed by atoms with Gasteiger partial charge in [0.1, 0.15) is 11.6 Å². The lowest BCUT2D eigenvalue weighted by Crippen LogP contribution is -2.55. The Hall–Kier alpha value is -1.79.